The van der Waals surface area contributed by atoms with Crippen molar-refractivity contribution in [3.8, 4) is 0 Å². The van der Waals surface area contributed by atoms with E-state index in [0.717, 1.165) is 18.0 Å². The molecule has 4 nitrogen and oxygen atoms in total. The van der Waals surface area contributed by atoms with Gasteiger partial charge < -0.3 is 5.32 Å². The molecule has 0 spiro atoms. The highest BCUT2D eigenvalue weighted by atomic mass is 16.6. The number of nitrogens with zero attached hydrogens (tertiary/aromatic N) is 1. The van der Waals surface area contributed by atoms with Crippen LogP contribution in [0.1, 0.15) is 38.2 Å². The highest BCUT2D eigenvalue weighted by Gasteiger charge is 2.20. The van der Waals surface area contributed by atoms with E-state index in [4.69, 9.17) is 0 Å². The standard InChI is InChI=1S/C15H22N2O2/c1-11-4-3-5-13(8-11)10-16-14-7-6-12(2)9-15(14)17(18)19/h6-7,9,11,13,16H,3-5,8,10H2,1-2H3. The fraction of sp³-hybridized carbons (Fsp3) is 0.600. The maximum Gasteiger partial charge on any atom is 0.292 e. The van der Waals surface area contributed by atoms with Crippen LogP contribution in [0.5, 0.6) is 0 Å². The van der Waals surface area contributed by atoms with Crippen molar-refractivity contribution in [2.75, 3.05) is 11.9 Å². The van der Waals surface area contributed by atoms with Gasteiger partial charge in [-0.05, 0) is 43.2 Å². The van der Waals surface area contributed by atoms with Crippen LogP contribution in [-0.2, 0) is 0 Å². The van der Waals surface area contributed by atoms with Gasteiger partial charge in [0.05, 0.1) is 4.92 Å². The van der Waals surface area contributed by atoms with Crippen molar-refractivity contribution in [3.05, 3.63) is 33.9 Å². The van der Waals surface area contributed by atoms with Crippen LogP contribution >= 0.6 is 0 Å². The lowest BCUT2D eigenvalue weighted by Gasteiger charge is -2.27. The van der Waals surface area contributed by atoms with Crippen LogP contribution in [0.4, 0.5) is 11.4 Å². The summed E-state index contributed by atoms with van der Waals surface area (Å²) in [7, 11) is 0. The smallest absolute Gasteiger partial charge is 0.292 e. The lowest BCUT2D eigenvalue weighted by atomic mass is 9.82. The molecule has 0 bridgehead atoms. The SMILES string of the molecule is Cc1ccc(NCC2CCCC(C)C2)c([N+](=O)[O-])c1. The molecule has 1 aromatic carbocycles. The van der Waals surface area contributed by atoms with E-state index in [1.165, 1.54) is 25.7 Å². The molecule has 2 rings (SSSR count). The zero-order valence-corrected chi connectivity index (χ0v) is 11.7. The molecule has 0 aromatic heterocycles. The highest BCUT2D eigenvalue weighted by Crippen LogP contribution is 2.30. The first-order valence-electron chi connectivity index (χ1n) is 7.05. The van der Waals surface area contributed by atoms with E-state index in [1.807, 2.05) is 19.1 Å². The molecule has 0 heterocycles. The van der Waals surface area contributed by atoms with Crippen molar-refractivity contribution < 1.29 is 4.92 Å². The summed E-state index contributed by atoms with van der Waals surface area (Å²) in [5.74, 6) is 1.43. The number of nitrogens with one attached hydrogen (secondary N) is 1. The first kappa shape index (κ1) is 13.8. The molecule has 0 saturated heterocycles. The van der Waals surface area contributed by atoms with Gasteiger partial charge in [0.1, 0.15) is 5.69 Å². The molecule has 2 atom stereocenters. The largest absolute Gasteiger partial charge is 0.379 e. The molecule has 104 valence electrons. The van der Waals surface area contributed by atoms with Gasteiger partial charge >= 0.3 is 0 Å². The molecule has 0 radical (unpaired) electrons. The second-order valence-electron chi connectivity index (χ2n) is 5.80. The predicted octanol–water partition coefficient (Wildman–Crippen LogP) is 4.14. The minimum absolute atomic E-state index is 0.184. The number of anilines is 1. The lowest BCUT2D eigenvalue weighted by Crippen LogP contribution is -2.21. The highest BCUT2D eigenvalue weighted by molar-refractivity contribution is 5.62. The van der Waals surface area contributed by atoms with E-state index in [9.17, 15) is 10.1 Å². The van der Waals surface area contributed by atoms with Crippen LogP contribution < -0.4 is 5.32 Å². The molecule has 1 aliphatic rings. The van der Waals surface area contributed by atoms with Gasteiger partial charge in [-0.1, -0.05) is 25.8 Å². The first-order valence-corrected chi connectivity index (χ1v) is 7.05. The van der Waals surface area contributed by atoms with Crippen LogP contribution in [0, 0.1) is 28.9 Å². The van der Waals surface area contributed by atoms with E-state index < -0.39 is 0 Å². The van der Waals surface area contributed by atoms with Crippen LogP contribution in [0.3, 0.4) is 0 Å². The number of nitro groups is 1. The monoisotopic (exact) mass is 262 g/mol. The quantitative estimate of drug-likeness (QED) is 0.655. The summed E-state index contributed by atoms with van der Waals surface area (Å²) >= 11 is 0. The molecule has 1 aromatic rings. The fourth-order valence-corrected chi connectivity index (χ4v) is 2.94. The Morgan fingerprint density at radius 2 is 2.21 bits per heavy atom. The molecule has 4 heteroatoms. The van der Waals surface area contributed by atoms with Gasteiger partial charge in [0.2, 0.25) is 0 Å². The summed E-state index contributed by atoms with van der Waals surface area (Å²) in [6, 6.07) is 5.37. The predicted molar refractivity (Wildman–Crippen MR) is 77.4 cm³/mol. The van der Waals surface area contributed by atoms with Crippen molar-refractivity contribution in [2.24, 2.45) is 11.8 Å². The Labute approximate surface area is 114 Å². The third-order valence-electron chi connectivity index (χ3n) is 3.98. The molecule has 0 amide bonds. The zero-order valence-electron chi connectivity index (χ0n) is 11.7. The molecular formula is C15H22N2O2. The Morgan fingerprint density at radius 1 is 1.42 bits per heavy atom. The first-order chi connectivity index (χ1) is 9.06. The summed E-state index contributed by atoms with van der Waals surface area (Å²) in [6.07, 6.45) is 5.06. The van der Waals surface area contributed by atoms with Crippen molar-refractivity contribution >= 4 is 11.4 Å². The maximum atomic E-state index is 11.0. The van der Waals surface area contributed by atoms with Crippen LogP contribution in [0.2, 0.25) is 0 Å². The fourth-order valence-electron chi connectivity index (χ4n) is 2.94. The Morgan fingerprint density at radius 3 is 2.89 bits per heavy atom. The third kappa shape index (κ3) is 3.69. The Hall–Kier alpha value is -1.58. The van der Waals surface area contributed by atoms with Gasteiger partial charge in [0.25, 0.3) is 5.69 Å². The second-order valence-corrected chi connectivity index (χ2v) is 5.80. The van der Waals surface area contributed by atoms with E-state index in [1.54, 1.807) is 6.07 Å². The minimum atomic E-state index is -0.307. The molecule has 1 fully saturated rings. The normalized spacial score (nSPS) is 23.1. The molecule has 0 aliphatic heterocycles. The Kier molecular flexibility index (Phi) is 4.40. The summed E-state index contributed by atoms with van der Waals surface area (Å²) in [6.45, 7) is 5.01. The van der Waals surface area contributed by atoms with Crippen molar-refractivity contribution in [1.29, 1.82) is 0 Å². The van der Waals surface area contributed by atoms with Crippen molar-refractivity contribution in [1.82, 2.24) is 0 Å². The zero-order chi connectivity index (χ0) is 13.8. The summed E-state index contributed by atoms with van der Waals surface area (Å²) < 4.78 is 0. The molecule has 19 heavy (non-hydrogen) atoms. The number of rotatable bonds is 4. The lowest BCUT2D eigenvalue weighted by molar-refractivity contribution is -0.384. The van der Waals surface area contributed by atoms with Gasteiger partial charge in [0.15, 0.2) is 0 Å². The number of aryl methyl sites for hydroxylation is 1. The number of benzene rings is 1. The van der Waals surface area contributed by atoms with E-state index >= 15 is 0 Å². The van der Waals surface area contributed by atoms with Gasteiger partial charge in [-0.25, -0.2) is 0 Å². The van der Waals surface area contributed by atoms with Gasteiger partial charge in [-0.15, -0.1) is 0 Å². The topological polar surface area (TPSA) is 55.2 Å². The molecule has 1 aliphatic carbocycles. The van der Waals surface area contributed by atoms with Gasteiger partial charge in [-0.3, -0.25) is 10.1 Å². The molecule has 2 unspecified atom stereocenters. The molecule has 1 N–H and O–H groups in total. The van der Waals surface area contributed by atoms with Crippen molar-refractivity contribution in [3.63, 3.8) is 0 Å². The third-order valence-corrected chi connectivity index (χ3v) is 3.98. The summed E-state index contributed by atoms with van der Waals surface area (Å²) in [5.41, 5.74) is 1.75. The van der Waals surface area contributed by atoms with E-state index in [-0.39, 0.29) is 10.6 Å². The average Bonchev–Trinajstić information content (AvgIpc) is 2.37. The Bertz CT molecular complexity index is 459. The summed E-state index contributed by atoms with van der Waals surface area (Å²) in [5, 5.41) is 14.3. The van der Waals surface area contributed by atoms with E-state index in [2.05, 4.69) is 12.2 Å². The second kappa shape index (κ2) is 6.04. The maximum absolute atomic E-state index is 11.0. The van der Waals surface area contributed by atoms with Crippen LogP contribution in [0.15, 0.2) is 18.2 Å². The molecule has 1 saturated carbocycles. The number of hydrogen-bond donors (Lipinski definition) is 1. The Balaban J connectivity index is 2.01. The molecular weight excluding hydrogens is 240 g/mol. The van der Waals surface area contributed by atoms with Gasteiger partial charge in [0, 0.05) is 12.6 Å². The number of hydrogen-bond acceptors (Lipinski definition) is 3. The van der Waals surface area contributed by atoms with Crippen LogP contribution in [-0.4, -0.2) is 11.5 Å². The van der Waals surface area contributed by atoms with Crippen LogP contribution in [0.25, 0.3) is 0 Å². The van der Waals surface area contributed by atoms with Gasteiger partial charge in [-0.2, -0.15) is 0 Å². The number of nitro benzene ring substituents is 1. The average molecular weight is 262 g/mol. The van der Waals surface area contributed by atoms with Crippen molar-refractivity contribution in [2.45, 2.75) is 39.5 Å². The summed E-state index contributed by atoms with van der Waals surface area (Å²) in [4.78, 5) is 10.7. The minimum Gasteiger partial charge on any atom is -0.379 e. The van der Waals surface area contributed by atoms with E-state index in [0.29, 0.717) is 11.6 Å².